The molecule has 0 N–H and O–H groups in total. The van der Waals surface area contributed by atoms with E-state index < -0.39 is 5.60 Å². The smallest absolute Gasteiger partial charge is 0.303 e. The van der Waals surface area contributed by atoms with E-state index in [2.05, 4.69) is 49.1 Å². The van der Waals surface area contributed by atoms with Crippen LogP contribution < -0.4 is 4.74 Å². The van der Waals surface area contributed by atoms with Crippen molar-refractivity contribution < 1.29 is 14.3 Å². The van der Waals surface area contributed by atoms with Gasteiger partial charge in [-0.25, -0.2) is 0 Å². The maximum Gasteiger partial charge on any atom is 0.303 e. The lowest BCUT2D eigenvalue weighted by Crippen LogP contribution is -2.59. The minimum atomic E-state index is -0.407. The standard InChI is InChI=1S/C29H39NO3/c1-4-30(5-2)20-19-28-16-9-10-17-29(28,33-23(3)31)18-15-25-13-14-26(21-27(25)28)32-22-24-11-7-6-8-12-24/h6-8,11-14,21H,4-5,9-10,15-20,22H2,1-3H3/t28-,29?/m0/s1. The highest BCUT2D eigenvalue weighted by atomic mass is 16.6. The Balaban J connectivity index is 1.71. The van der Waals surface area contributed by atoms with Gasteiger partial charge in [0.2, 0.25) is 0 Å². The van der Waals surface area contributed by atoms with Crippen LogP contribution in [-0.4, -0.2) is 36.1 Å². The first kappa shape index (κ1) is 23.8. The lowest BCUT2D eigenvalue weighted by Gasteiger charge is -2.56. The second kappa shape index (κ2) is 10.3. The van der Waals surface area contributed by atoms with Gasteiger partial charge in [0, 0.05) is 12.3 Å². The molecule has 0 spiro atoms. The molecular weight excluding hydrogens is 410 g/mol. The van der Waals surface area contributed by atoms with Gasteiger partial charge in [0.15, 0.2) is 0 Å². The fourth-order valence-corrected chi connectivity index (χ4v) is 6.29. The Morgan fingerprint density at radius 2 is 1.76 bits per heavy atom. The summed E-state index contributed by atoms with van der Waals surface area (Å²) in [5.74, 6) is 0.757. The minimum absolute atomic E-state index is 0.149. The van der Waals surface area contributed by atoms with Gasteiger partial charge in [-0.15, -0.1) is 0 Å². The molecule has 1 fully saturated rings. The Kier molecular flexibility index (Phi) is 7.43. The number of esters is 1. The Hall–Kier alpha value is -2.33. The first-order valence-electron chi connectivity index (χ1n) is 12.7. The monoisotopic (exact) mass is 449 g/mol. The highest BCUT2D eigenvalue weighted by Crippen LogP contribution is 2.57. The summed E-state index contributed by atoms with van der Waals surface area (Å²) >= 11 is 0. The fraction of sp³-hybridized carbons (Fsp3) is 0.552. The largest absolute Gasteiger partial charge is 0.489 e. The molecule has 2 atom stereocenters. The first-order valence-corrected chi connectivity index (χ1v) is 12.7. The summed E-state index contributed by atoms with van der Waals surface area (Å²) in [5, 5.41) is 0. The summed E-state index contributed by atoms with van der Waals surface area (Å²) in [7, 11) is 0. The van der Waals surface area contributed by atoms with Gasteiger partial charge >= 0.3 is 5.97 Å². The Labute approximate surface area is 199 Å². The average Bonchev–Trinajstić information content (AvgIpc) is 2.83. The van der Waals surface area contributed by atoms with Gasteiger partial charge in [-0.05, 0) is 87.0 Å². The van der Waals surface area contributed by atoms with Crippen LogP contribution in [-0.2, 0) is 28.0 Å². The molecule has 1 unspecified atom stereocenters. The average molecular weight is 450 g/mol. The zero-order valence-corrected chi connectivity index (χ0v) is 20.6. The first-order chi connectivity index (χ1) is 16.0. The lowest BCUT2D eigenvalue weighted by atomic mass is 9.53. The van der Waals surface area contributed by atoms with Gasteiger partial charge in [0.1, 0.15) is 18.0 Å². The second-order valence-corrected chi connectivity index (χ2v) is 9.75. The Morgan fingerprint density at radius 1 is 1.00 bits per heavy atom. The molecule has 4 nitrogen and oxygen atoms in total. The summed E-state index contributed by atoms with van der Waals surface area (Å²) < 4.78 is 12.6. The fourth-order valence-electron chi connectivity index (χ4n) is 6.29. The Morgan fingerprint density at radius 3 is 2.48 bits per heavy atom. The molecule has 4 rings (SSSR count). The SMILES string of the molecule is CCN(CC)CC[C@]12CCCCC1(OC(C)=O)CCc1ccc(OCc3ccccc3)cc12. The zero-order chi connectivity index (χ0) is 23.3. The van der Waals surface area contributed by atoms with E-state index in [4.69, 9.17) is 9.47 Å². The van der Waals surface area contributed by atoms with Crippen LogP contribution in [0, 0.1) is 0 Å². The summed E-state index contributed by atoms with van der Waals surface area (Å²) in [5.41, 5.74) is 3.35. The maximum absolute atomic E-state index is 12.3. The third kappa shape index (κ3) is 4.82. The van der Waals surface area contributed by atoms with Crippen molar-refractivity contribution in [1.29, 1.82) is 0 Å². The molecule has 0 radical (unpaired) electrons. The summed E-state index contributed by atoms with van der Waals surface area (Å²) in [6.45, 7) is 9.69. The van der Waals surface area contributed by atoms with Crippen molar-refractivity contribution in [3.05, 3.63) is 65.2 Å². The summed E-state index contributed by atoms with van der Waals surface area (Å²) in [4.78, 5) is 14.8. The van der Waals surface area contributed by atoms with E-state index in [-0.39, 0.29) is 11.4 Å². The van der Waals surface area contributed by atoms with E-state index in [1.807, 2.05) is 18.2 Å². The van der Waals surface area contributed by atoms with Crippen molar-refractivity contribution in [3.63, 3.8) is 0 Å². The van der Waals surface area contributed by atoms with Gasteiger partial charge in [-0.1, -0.05) is 56.7 Å². The van der Waals surface area contributed by atoms with Crippen LogP contribution >= 0.6 is 0 Å². The number of aryl methyl sites for hydroxylation is 1. The minimum Gasteiger partial charge on any atom is -0.489 e. The molecule has 33 heavy (non-hydrogen) atoms. The summed E-state index contributed by atoms with van der Waals surface area (Å²) in [6, 6.07) is 16.9. The van der Waals surface area contributed by atoms with Crippen molar-refractivity contribution >= 4 is 5.97 Å². The molecule has 0 saturated heterocycles. The highest BCUT2D eigenvalue weighted by molar-refractivity contribution is 5.67. The van der Waals surface area contributed by atoms with Crippen molar-refractivity contribution in [3.8, 4) is 5.75 Å². The molecule has 0 bridgehead atoms. The second-order valence-electron chi connectivity index (χ2n) is 9.75. The van der Waals surface area contributed by atoms with Crippen LogP contribution in [0.25, 0.3) is 0 Å². The number of carbonyl (C=O) groups is 1. The van der Waals surface area contributed by atoms with Gasteiger partial charge in [-0.2, -0.15) is 0 Å². The Bertz CT molecular complexity index is 939. The third-order valence-corrected chi connectivity index (χ3v) is 8.04. The van der Waals surface area contributed by atoms with E-state index in [9.17, 15) is 4.79 Å². The molecule has 178 valence electrons. The zero-order valence-electron chi connectivity index (χ0n) is 20.6. The quantitative estimate of drug-likeness (QED) is 0.436. The normalized spacial score (nSPS) is 24.1. The number of fused-ring (bicyclic) bond motifs is 3. The van der Waals surface area contributed by atoms with Crippen LogP contribution in [0.4, 0.5) is 0 Å². The van der Waals surface area contributed by atoms with Crippen LogP contribution in [0.2, 0.25) is 0 Å². The molecule has 1 saturated carbocycles. The van der Waals surface area contributed by atoms with Gasteiger partial charge in [0.05, 0.1) is 0 Å². The number of nitrogens with zero attached hydrogens (tertiary/aromatic N) is 1. The van der Waals surface area contributed by atoms with Crippen LogP contribution in [0.1, 0.15) is 76.0 Å². The molecule has 2 aromatic rings. The highest BCUT2D eigenvalue weighted by Gasteiger charge is 2.58. The molecule has 0 heterocycles. The van der Waals surface area contributed by atoms with E-state index in [0.29, 0.717) is 6.61 Å². The molecule has 0 aliphatic heterocycles. The van der Waals surface area contributed by atoms with E-state index in [1.54, 1.807) is 6.92 Å². The molecule has 2 aliphatic carbocycles. The molecule has 2 aromatic carbocycles. The number of benzene rings is 2. The van der Waals surface area contributed by atoms with Crippen LogP contribution in [0.15, 0.2) is 48.5 Å². The van der Waals surface area contributed by atoms with Gasteiger partial charge in [-0.3, -0.25) is 4.79 Å². The maximum atomic E-state index is 12.3. The molecule has 4 heteroatoms. The number of carbonyl (C=O) groups excluding carboxylic acids is 1. The topological polar surface area (TPSA) is 38.8 Å². The number of rotatable bonds is 9. The van der Waals surface area contributed by atoms with E-state index in [0.717, 1.165) is 63.9 Å². The van der Waals surface area contributed by atoms with Crippen molar-refractivity contribution in [1.82, 2.24) is 4.90 Å². The number of hydrogen-bond donors (Lipinski definition) is 0. The van der Waals surface area contributed by atoms with E-state index in [1.165, 1.54) is 23.1 Å². The molecule has 0 amide bonds. The number of hydrogen-bond acceptors (Lipinski definition) is 4. The van der Waals surface area contributed by atoms with Crippen LogP contribution in [0.5, 0.6) is 5.75 Å². The van der Waals surface area contributed by atoms with Crippen LogP contribution in [0.3, 0.4) is 0 Å². The van der Waals surface area contributed by atoms with Gasteiger partial charge < -0.3 is 14.4 Å². The predicted octanol–water partition coefficient (Wildman–Crippen LogP) is 6.06. The van der Waals surface area contributed by atoms with Crippen molar-refractivity contribution in [2.24, 2.45) is 0 Å². The lowest BCUT2D eigenvalue weighted by molar-refractivity contribution is -0.177. The molecular formula is C29H39NO3. The van der Waals surface area contributed by atoms with E-state index >= 15 is 0 Å². The third-order valence-electron chi connectivity index (χ3n) is 8.04. The molecule has 0 aromatic heterocycles. The van der Waals surface area contributed by atoms with Crippen molar-refractivity contribution in [2.45, 2.75) is 83.3 Å². The summed E-state index contributed by atoms with van der Waals surface area (Å²) in [6.07, 6.45) is 7.21. The van der Waals surface area contributed by atoms with Crippen molar-refractivity contribution in [2.75, 3.05) is 19.6 Å². The number of ether oxygens (including phenoxy) is 2. The predicted molar refractivity (Wildman–Crippen MR) is 133 cm³/mol. The van der Waals surface area contributed by atoms with Gasteiger partial charge in [0.25, 0.3) is 0 Å². The molecule has 2 aliphatic rings.